The van der Waals surface area contributed by atoms with Gasteiger partial charge in [0.1, 0.15) is 5.69 Å². The van der Waals surface area contributed by atoms with E-state index in [0.29, 0.717) is 29.6 Å². The molecule has 1 saturated heterocycles. The lowest BCUT2D eigenvalue weighted by atomic mass is 9.73. The molecule has 2 atom stereocenters. The average molecular weight is 463 g/mol. The second-order valence-electron chi connectivity index (χ2n) is 12.4. The lowest BCUT2D eigenvalue weighted by Gasteiger charge is -2.44. The van der Waals surface area contributed by atoms with Crippen molar-refractivity contribution in [1.29, 1.82) is 0 Å². The first kappa shape index (κ1) is 27.0. The zero-order chi connectivity index (χ0) is 25.2. The fourth-order valence-electron chi connectivity index (χ4n) is 6.53. The highest BCUT2D eigenvalue weighted by Crippen LogP contribution is 2.45. The van der Waals surface area contributed by atoms with E-state index >= 15 is 0 Å². The van der Waals surface area contributed by atoms with Gasteiger partial charge < -0.3 is 0 Å². The van der Waals surface area contributed by atoms with Crippen LogP contribution in [0.3, 0.4) is 0 Å². The number of nitrogens with zero attached hydrogens (tertiary/aromatic N) is 1. The van der Waals surface area contributed by atoms with Crippen LogP contribution < -0.4 is 4.48 Å². The van der Waals surface area contributed by atoms with Gasteiger partial charge in [0, 0.05) is 24.0 Å². The molecule has 1 heteroatoms. The third-order valence-electron chi connectivity index (χ3n) is 8.97. The standard InChI is InChI=1S/C33H52N/c1-11-25(8)31-17-12-14-28(22(2)3)32(31)26(9)27-18-20-34(10,21-19-27)33-29(23(4)5)15-13-16-30(33)24(6)7/h12-17,22-27H,11,18-21H2,1-10H3/q+1. The summed E-state index contributed by atoms with van der Waals surface area (Å²) in [4.78, 5) is 0. The van der Waals surface area contributed by atoms with E-state index in [0.717, 1.165) is 10.4 Å². The summed E-state index contributed by atoms with van der Waals surface area (Å²) < 4.78 is 1.11. The lowest BCUT2D eigenvalue weighted by molar-refractivity contribution is 0.200. The fourth-order valence-corrected chi connectivity index (χ4v) is 6.53. The third-order valence-corrected chi connectivity index (χ3v) is 8.97. The van der Waals surface area contributed by atoms with E-state index < -0.39 is 0 Å². The van der Waals surface area contributed by atoms with Gasteiger partial charge in [-0.15, -0.1) is 0 Å². The number of benzene rings is 2. The molecule has 2 unspecified atom stereocenters. The van der Waals surface area contributed by atoms with Crippen LogP contribution in [0.15, 0.2) is 36.4 Å². The Bertz CT molecular complexity index is 917. The van der Waals surface area contributed by atoms with Crippen molar-refractivity contribution in [3.8, 4) is 0 Å². The molecular formula is C33H52N+. The first-order valence-electron chi connectivity index (χ1n) is 14.1. The largest absolute Gasteiger partial charge is 0.293 e. The number of piperidine rings is 1. The van der Waals surface area contributed by atoms with Crippen LogP contribution in [0.1, 0.15) is 139 Å². The molecule has 0 N–H and O–H groups in total. The van der Waals surface area contributed by atoms with Crippen LogP contribution in [-0.4, -0.2) is 20.1 Å². The first-order chi connectivity index (χ1) is 16.0. The van der Waals surface area contributed by atoms with E-state index in [1.165, 1.54) is 32.4 Å². The number of rotatable bonds is 8. The minimum Gasteiger partial charge on any atom is -0.293 e. The van der Waals surface area contributed by atoms with E-state index in [1.54, 1.807) is 33.5 Å². The maximum absolute atomic E-state index is 2.54. The maximum atomic E-state index is 2.54. The predicted molar refractivity (Wildman–Crippen MR) is 152 cm³/mol. The van der Waals surface area contributed by atoms with Gasteiger partial charge in [-0.25, -0.2) is 0 Å². The molecule has 0 amide bonds. The monoisotopic (exact) mass is 462 g/mol. The zero-order valence-corrected chi connectivity index (χ0v) is 23.9. The topological polar surface area (TPSA) is 0 Å². The molecule has 0 radical (unpaired) electrons. The van der Waals surface area contributed by atoms with Crippen LogP contribution in [0.5, 0.6) is 0 Å². The molecule has 0 saturated carbocycles. The molecule has 2 aromatic rings. The van der Waals surface area contributed by atoms with Crippen molar-refractivity contribution < 1.29 is 0 Å². The molecular weight excluding hydrogens is 410 g/mol. The first-order valence-corrected chi connectivity index (χ1v) is 14.1. The average Bonchev–Trinajstić information content (AvgIpc) is 2.82. The zero-order valence-electron chi connectivity index (χ0n) is 23.9. The number of quaternary nitrogens is 1. The summed E-state index contributed by atoms with van der Waals surface area (Å²) in [6.45, 7) is 24.0. The summed E-state index contributed by atoms with van der Waals surface area (Å²) in [6.07, 6.45) is 3.84. The van der Waals surface area contributed by atoms with E-state index in [-0.39, 0.29) is 0 Å². The quantitative estimate of drug-likeness (QED) is 0.342. The summed E-state index contributed by atoms with van der Waals surface area (Å²) in [5.41, 5.74) is 9.62. The summed E-state index contributed by atoms with van der Waals surface area (Å²) >= 11 is 0. The van der Waals surface area contributed by atoms with Gasteiger partial charge in [0.05, 0.1) is 20.1 Å². The van der Waals surface area contributed by atoms with Crippen molar-refractivity contribution in [3.05, 3.63) is 64.2 Å². The highest BCUT2D eigenvalue weighted by atomic mass is 15.3. The maximum Gasteiger partial charge on any atom is 0.139 e. The van der Waals surface area contributed by atoms with Crippen LogP contribution in [0.4, 0.5) is 5.69 Å². The Morgan fingerprint density at radius 1 is 0.706 bits per heavy atom. The van der Waals surface area contributed by atoms with Crippen LogP contribution >= 0.6 is 0 Å². The molecule has 1 aliphatic heterocycles. The molecule has 0 spiro atoms. The van der Waals surface area contributed by atoms with Gasteiger partial charge >= 0.3 is 0 Å². The van der Waals surface area contributed by atoms with Gasteiger partial charge in [-0.2, -0.15) is 0 Å². The normalized spacial score (nSPS) is 23.0. The Morgan fingerprint density at radius 2 is 1.15 bits per heavy atom. The van der Waals surface area contributed by atoms with Gasteiger partial charge in [-0.05, 0) is 58.6 Å². The third kappa shape index (κ3) is 5.30. The molecule has 0 aliphatic carbocycles. The Kier molecular flexibility index (Phi) is 8.72. The van der Waals surface area contributed by atoms with E-state index in [4.69, 9.17) is 0 Å². The van der Waals surface area contributed by atoms with Crippen LogP contribution in [0.25, 0.3) is 0 Å². The van der Waals surface area contributed by atoms with E-state index in [1.807, 2.05) is 0 Å². The van der Waals surface area contributed by atoms with Gasteiger partial charge in [-0.3, -0.25) is 4.48 Å². The second-order valence-corrected chi connectivity index (χ2v) is 12.4. The minimum absolute atomic E-state index is 0.566. The Morgan fingerprint density at radius 3 is 1.59 bits per heavy atom. The van der Waals surface area contributed by atoms with E-state index in [9.17, 15) is 0 Å². The van der Waals surface area contributed by atoms with Crippen LogP contribution in [0.2, 0.25) is 0 Å². The Hall–Kier alpha value is -1.60. The van der Waals surface area contributed by atoms with Crippen molar-refractivity contribution in [2.24, 2.45) is 5.92 Å². The lowest BCUT2D eigenvalue weighted by Crippen LogP contribution is -2.52. The van der Waals surface area contributed by atoms with Crippen LogP contribution in [-0.2, 0) is 0 Å². The summed E-state index contributed by atoms with van der Waals surface area (Å²) in [5.74, 6) is 3.74. The molecule has 3 rings (SSSR count). The summed E-state index contributed by atoms with van der Waals surface area (Å²) in [6, 6.07) is 14.2. The number of hydrogen-bond donors (Lipinski definition) is 0. The molecule has 34 heavy (non-hydrogen) atoms. The predicted octanol–water partition coefficient (Wildman–Crippen LogP) is 9.72. The van der Waals surface area contributed by atoms with E-state index in [2.05, 4.69) is 106 Å². The second kappa shape index (κ2) is 11.0. The van der Waals surface area contributed by atoms with Crippen molar-refractivity contribution in [3.63, 3.8) is 0 Å². The van der Waals surface area contributed by atoms with Gasteiger partial charge in [0.25, 0.3) is 0 Å². The highest BCUT2D eigenvalue weighted by Gasteiger charge is 2.39. The molecule has 1 aliphatic rings. The highest BCUT2D eigenvalue weighted by molar-refractivity contribution is 5.59. The molecule has 188 valence electrons. The van der Waals surface area contributed by atoms with Gasteiger partial charge in [0.2, 0.25) is 0 Å². The molecule has 2 aromatic carbocycles. The summed E-state index contributed by atoms with van der Waals surface area (Å²) in [7, 11) is 2.51. The molecule has 0 bridgehead atoms. The Labute approximate surface area is 211 Å². The molecule has 0 aromatic heterocycles. The number of hydrogen-bond acceptors (Lipinski definition) is 0. The van der Waals surface area contributed by atoms with Crippen molar-refractivity contribution in [2.75, 3.05) is 20.1 Å². The molecule has 1 heterocycles. The van der Waals surface area contributed by atoms with Gasteiger partial charge in [0.15, 0.2) is 0 Å². The number of likely N-dealkylation sites (tertiary alicyclic amines) is 1. The fraction of sp³-hybridized carbons (Fsp3) is 0.636. The van der Waals surface area contributed by atoms with Crippen LogP contribution in [0, 0.1) is 5.92 Å². The van der Waals surface area contributed by atoms with Crippen molar-refractivity contribution in [2.45, 2.75) is 111 Å². The molecule has 1 nitrogen and oxygen atoms in total. The van der Waals surface area contributed by atoms with Gasteiger partial charge in [-0.1, -0.05) is 98.7 Å². The summed E-state index contributed by atoms with van der Waals surface area (Å²) in [5, 5.41) is 0. The SMILES string of the molecule is CCC(C)c1cccc(C(C)C)c1C(C)C1CC[N+](C)(c2c(C(C)C)cccc2C(C)C)CC1. The number of para-hydroxylation sites is 1. The van der Waals surface area contributed by atoms with Crippen molar-refractivity contribution >= 4 is 5.69 Å². The Balaban J connectivity index is 1.94. The molecule has 1 fully saturated rings. The minimum atomic E-state index is 0.566. The smallest absolute Gasteiger partial charge is 0.139 e. The van der Waals surface area contributed by atoms with Crippen molar-refractivity contribution in [1.82, 2.24) is 4.48 Å².